The van der Waals surface area contributed by atoms with Gasteiger partial charge in [-0.1, -0.05) is 17.7 Å². The standard InChI is InChI=1S/C15H14ClFN2O4S/c1-9(12-5-3-10(17)7-13(12)16)18-14-6-4-11(24(2,22)23)8-15(14)19(20)21/h3-9,18H,1-2H3. The van der Waals surface area contributed by atoms with E-state index < -0.39 is 26.6 Å². The number of nitro groups is 1. The second kappa shape index (κ2) is 6.74. The highest BCUT2D eigenvalue weighted by atomic mass is 35.5. The largest absolute Gasteiger partial charge is 0.373 e. The fourth-order valence-corrected chi connectivity index (χ4v) is 3.15. The molecule has 1 N–H and O–H groups in total. The van der Waals surface area contributed by atoms with Crippen LogP contribution in [0, 0.1) is 15.9 Å². The molecule has 0 aliphatic heterocycles. The minimum Gasteiger partial charge on any atom is -0.373 e. The van der Waals surface area contributed by atoms with E-state index in [9.17, 15) is 22.9 Å². The molecule has 0 aliphatic carbocycles. The van der Waals surface area contributed by atoms with E-state index in [4.69, 9.17) is 11.6 Å². The van der Waals surface area contributed by atoms with Crippen LogP contribution in [0.1, 0.15) is 18.5 Å². The summed E-state index contributed by atoms with van der Waals surface area (Å²) in [5.41, 5.74) is 0.322. The van der Waals surface area contributed by atoms with Crippen LogP contribution in [0.15, 0.2) is 41.3 Å². The van der Waals surface area contributed by atoms with Gasteiger partial charge in [-0.15, -0.1) is 0 Å². The van der Waals surface area contributed by atoms with E-state index in [1.54, 1.807) is 6.92 Å². The van der Waals surface area contributed by atoms with Crippen molar-refractivity contribution in [2.45, 2.75) is 17.9 Å². The smallest absolute Gasteiger partial charge is 0.293 e. The van der Waals surface area contributed by atoms with Crippen molar-refractivity contribution >= 4 is 32.8 Å². The molecule has 0 aliphatic rings. The van der Waals surface area contributed by atoms with Crippen LogP contribution in [-0.4, -0.2) is 19.6 Å². The molecule has 2 rings (SSSR count). The van der Waals surface area contributed by atoms with Crippen LogP contribution in [0.25, 0.3) is 0 Å². The first-order valence-corrected chi connectivity index (χ1v) is 9.06. The topological polar surface area (TPSA) is 89.3 Å². The lowest BCUT2D eigenvalue weighted by atomic mass is 10.1. The van der Waals surface area contributed by atoms with Gasteiger partial charge < -0.3 is 5.32 Å². The lowest BCUT2D eigenvalue weighted by Gasteiger charge is -2.17. The fraction of sp³-hybridized carbons (Fsp3) is 0.200. The second-order valence-corrected chi connectivity index (χ2v) is 7.66. The third-order valence-corrected chi connectivity index (χ3v) is 4.83. The third-order valence-electron chi connectivity index (χ3n) is 3.40. The van der Waals surface area contributed by atoms with Gasteiger partial charge in [-0.05, 0) is 36.8 Å². The monoisotopic (exact) mass is 372 g/mol. The van der Waals surface area contributed by atoms with Crippen molar-refractivity contribution in [1.29, 1.82) is 0 Å². The summed E-state index contributed by atoms with van der Waals surface area (Å²) in [5.74, 6) is -0.487. The Morgan fingerprint density at radius 2 is 1.92 bits per heavy atom. The molecule has 1 atom stereocenters. The zero-order valence-electron chi connectivity index (χ0n) is 12.8. The fourth-order valence-electron chi connectivity index (χ4n) is 2.18. The van der Waals surface area contributed by atoms with Gasteiger partial charge in [0.1, 0.15) is 11.5 Å². The summed E-state index contributed by atoms with van der Waals surface area (Å²) >= 11 is 5.98. The van der Waals surface area contributed by atoms with Gasteiger partial charge in [0.05, 0.1) is 15.9 Å². The van der Waals surface area contributed by atoms with Gasteiger partial charge >= 0.3 is 0 Å². The maximum Gasteiger partial charge on any atom is 0.293 e. The van der Waals surface area contributed by atoms with Gasteiger partial charge in [0, 0.05) is 17.3 Å². The number of anilines is 1. The zero-order chi connectivity index (χ0) is 18.1. The molecule has 1 unspecified atom stereocenters. The van der Waals surface area contributed by atoms with Gasteiger partial charge in [-0.25, -0.2) is 12.8 Å². The van der Waals surface area contributed by atoms with Crippen molar-refractivity contribution in [1.82, 2.24) is 0 Å². The van der Waals surface area contributed by atoms with Crippen molar-refractivity contribution in [3.63, 3.8) is 0 Å². The van der Waals surface area contributed by atoms with Gasteiger partial charge in [-0.2, -0.15) is 0 Å². The molecule has 2 aromatic carbocycles. The van der Waals surface area contributed by atoms with Crippen molar-refractivity contribution in [2.24, 2.45) is 0 Å². The van der Waals surface area contributed by atoms with E-state index in [1.165, 1.54) is 24.3 Å². The summed E-state index contributed by atoms with van der Waals surface area (Å²) < 4.78 is 36.2. The summed E-state index contributed by atoms with van der Waals surface area (Å²) in [4.78, 5) is 10.4. The van der Waals surface area contributed by atoms with Crippen molar-refractivity contribution in [2.75, 3.05) is 11.6 Å². The predicted octanol–water partition coefficient (Wildman–Crippen LogP) is 3.96. The van der Waals surface area contributed by atoms with Gasteiger partial charge in [0.2, 0.25) is 0 Å². The number of halogens is 2. The molecule has 0 saturated carbocycles. The molecule has 128 valence electrons. The normalized spacial score (nSPS) is 12.7. The quantitative estimate of drug-likeness (QED) is 0.633. The predicted molar refractivity (Wildman–Crippen MR) is 89.7 cm³/mol. The number of nitrogens with one attached hydrogen (secondary N) is 1. The molecule has 0 bridgehead atoms. The molecule has 2 aromatic rings. The van der Waals surface area contributed by atoms with Crippen molar-refractivity contribution < 1.29 is 17.7 Å². The molecule has 0 aromatic heterocycles. The van der Waals surface area contributed by atoms with Crippen LogP contribution in [0.5, 0.6) is 0 Å². The SMILES string of the molecule is CC(Nc1ccc(S(C)(=O)=O)cc1[N+](=O)[O-])c1ccc(F)cc1Cl. The molecule has 0 fully saturated rings. The molecule has 0 heterocycles. The Morgan fingerprint density at radius 3 is 2.46 bits per heavy atom. The van der Waals surface area contributed by atoms with E-state index in [2.05, 4.69) is 5.32 Å². The average Bonchev–Trinajstić information content (AvgIpc) is 2.45. The Balaban J connectivity index is 2.40. The summed E-state index contributed by atoms with van der Waals surface area (Å²) in [7, 11) is -3.56. The average molecular weight is 373 g/mol. The van der Waals surface area contributed by atoms with Gasteiger partial charge in [0.25, 0.3) is 5.69 Å². The first kappa shape index (κ1) is 18.2. The Kier molecular flexibility index (Phi) is 5.10. The zero-order valence-corrected chi connectivity index (χ0v) is 14.4. The van der Waals surface area contributed by atoms with Crippen molar-refractivity contribution in [3.05, 3.63) is 62.9 Å². The molecule has 0 amide bonds. The lowest BCUT2D eigenvalue weighted by Crippen LogP contribution is -2.10. The van der Waals surface area contributed by atoms with Gasteiger partial charge in [-0.3, -0.25) is 10.1 Å². The van der Waals surface area contributed by atoms with E-state index >= 15 is 0 Å². The molecule has 6 nitrogen and oxygen atoms in total. The van der Waals surface area contributed by atoms with E-state index in [1.807, 2.05) is 0 Å². The number of rotatable bonds is 5. The van der Waals surface area contributed by atoms with Gasteiger partial charge in [0.15, 0.2) is 9.84 Å². The molecule has 0 saturated heterocycles. The molecular weight excluding hydrogens is 359 g/mol. The number of benzene rings is 2. The van der Waals surface area contributed by atoms with E-state index in [0.29, 0.717) is 5.56 Å². The van der Waals surface area contributed by atoms with Crippen LogP contribution in [0.3, 0.4) is 0 Å². The minimum absolute atomic E-state index is 0.139. The summed E-state index contributed by atoms with van der Waals surface area (Å²) in [6.45, 7) is 1.70. The Labute approximate surface area is 143 Å². The van der Waals surface area contributed by atoms with Crippen LogP contribution in [-0.2, 0) is 9.84 Å². The van der Waals surface area contributed by atoms with Crippen LogP contribution in [0.2, 0.25) is 5.02 Å². The highest BCUT2D eigenvalue weighted by molar-refractivity contribution is 7.90. The first-order valence-electron chi connectivity index (χ1n) is 6.79. The summed E-state index contributed by atoms with van der Waals surface area (Å²) in [6.07, 6.45) is 0.972. The Bertz CT molecular complexity index is 902. The Morgan fingerprint density at radius 1 is 1.25 bits per heavy atom. The maximum atomic E-state index is 13.1. The molecule has 24 heavy (non-hydrogen) atoms. The number of sulfone groups is 1. The molecule has 0 spiro atoms. The number of nitrogens with zero attached hydrogens (tertiary/aromatic N) is 1. The highest BCUT2D eigenvalue weighted by Gasteiger charge is 2.21. The number of nitro benzene ring substituents is 1. The third kappa shape index (κ3) is 4.01. The lowest BCUT2D eigenvalue weighted by molar-refractivity contribution is -0.384. The first-order chi connectivity index (χ1) is 11.1. The van der Waals surface area contributed by atoms with E-state index in [0.717, 1.165) is 18.4 Å². The van der Waals surface area contributed by atoms with Crippen LogP contribution < -0.4 is 5.32 Å². The van der Waals surface area contributed by atoms with Crippen LogP contribution >= 0.6 is 11.6 Å². The maximum absolute atomic E-state index is 13.1. The minimum atomic E-state index is -3.56. The number of hydrogen-bond acceptors (Lipinski definition) is 5. The second-order valence-electron chi connectivity index (χ2n) is 5.24. The van der Waals surface area contributed by atoms with Crippen molar-refractivity contribution in [3.8, 4) is 0 Å². The summed E-state index contributed by atoms with van der Waals surface area (Å²) in [5, 5.41) is 14.3. The summed E-state index contributed by atoms with van der Waals surface area (Å²) in [6, 6.07) is 7.01. The van der Waals surface area contributed by atoms with Crippen LogP contribution in [0.4, 0.5) is 15.8 Å². The molecule has 0 radical (unpaired) electrons. The molecule has 9 heteroatoms. The van der Waals surface area contributed by atoms with E-state index in [-0.39, 0.29) is 21.3 Å². The number of hydrogen-bond donors (Lipinski definition) is 1. The Hall–Kier alpha value is -2.19. The molecular formula is C15H14ClFN2O4S. The highest BCUT2D eigenvalue weighted by Crippen LogP contribution is 2.32.